The Morgan fingerprint density at radius 2 is 1.43 bits per heavy atom. The van der Waals surface area contributed by atoms with Crippen LogP contribution in [-0.2, 0) is 5.41 Å². The van der Waals surface area contributed by atoms with Crippen molar-refractivity contribution in [2.75, 3.05) is 0 Å². The molecule has 2 bridgehead atoms. The van der Waals surface area contributed by atoms with E-state index in [-0.39, 0.29) is 11.3 Å². The van der Waals surface area contributed by atoms with E-state index >= 15 is 0 Å². The topological polar surface area (TPSA) is 29.7 Å². The fraction of sp³-hybridized carbons (Fsp3) is 0.160. The molecule has 0 radical (unpaired) electrons. The summed E-state index contributed by atoms with van der Waals surface area (Å²) < 4.78 is 2.47. The summed E-state index contributed by atoms with van der Waals surface area (Å²) in [7, 11) is 0. The molecule has 7 rings (SSSR count). The smallest absolute Gasteiger partial charge is 0.190 e. The number of nitrogens with zero attached hydrogens (tertiary/aromatic N) is 3. The van der Waals surface area contributed by atoms with Gasteiger partial charge in [0.25, 0.3) is 0 Å². The summed E-state index contributed by atoms with van der Waals surface area (Å²) in [5.74, 6) is 0.225. The zero-order chi connectivity index (χ0) is 18.6. The Kier molecular flexibility index (Phi) is 3.27. The highest BCUT2D eigenvalue weighted by Gasteiger charge is 2.59. The lowest BCUT2D eigenvalue weighted by Crippen LogP contribution is -2.60. The second-order valence-electron chi connectivity index (χ2n) is 7.77. The lowest BCUT2D eigenvalue weighted by molar-refractivity contribution is -0.732. The van der Waals surface area contributed by atoms with Gasteiger partial charge in [0.1, 0.15) is 0 Å². The van der Waals surface area contributed by atoms with Crippen molar-refractivity contribution in [1.29, 1.82) is 0 Å². The van der Waals surface area contributed by atoms with Gasteiger partial charge in [-0.25, -0.2) is 0 Å². The summed E-state index contributed by atoms with van der Waals surface area (Å²) in [6.07, 6.45) is 11.1. The Bertz CT molecular complexity index is 1070. The predicted molar refractivity (Wildman–Crippen MR) is 107 cm³/mol. The largest absolute Gasteiger partial charge is 0.264 e. The van der Waals surface area contributed by atoms with E-state index < -0.39 is 0 Å². The SMILES string of the molecule is c1cncc(C2(c3cccnc3)C[C@@H]3c4ccccc4[C@H]2c2cccc[n+]23)c1. The van der Waals surface area contributed by atoms with Gasteiger partial charge in [-0.15, -0.1) is 0 Å². The first-order valence-corrected chi connectivity index (χ1v) is 9.79. The van der Waals surface area contributed by atoms with Crippen LogP contribution in [0, 0.1) is 0 Å². The molecule has 0 unspecified atom stereocenters. The minimum Gasteiger partial charge on any atom is -0.264 e. The normalized spacial score (nSPS) is 21.0. The van der Waals surface area contributed by atoms with Gasteiger partial charge >= 0.3 is 0 Å². The molecule has 2 aliphatic heterocycles. The van der Waals surface area contributed by atoms with Gasteiger partial charge in [-0.2, -0.15) is 4.57 Å². The summed E-state index contributed by atoms with van der Waals surface area (Å²) in [5, 5.41) is 0. The summed E-state index contributed by atoms with van der Waals surface area (Å²) >= 11 is 0. The number of benzene rings is 1. The average molecular weight is 362 g/mol. The van der Waals surface area contributed by atoms with E-state index in [9.17, 15) is 0 Å². The van der Waals surface area contributed by atoms with Crippen molar-refractivity contribution in [2.45, 2.75) is 23.8 Å². The molecule has 2 atom stereocenters. The molecule has 134 valence electrons. The molecule has 0 saturated heterocycles. The van der Waals surface area contributed by atoms with Crippen molar-refractivity contribution in [3.8, 4) is 0 Å². The highest BCUT2D eigenvalue weighted by molar-refractivity contribution is 5.53. The molecule has 3 heteroatoms. The lowest BCUT2D eigenvalue weighted by Gasteiger charge is -2.49. The van der Waals surface area contributed by atoms with Crippen LogP contribution in [0.3, 0.4) is 0 Å². The Morgan fingerprint density at radius 3 is 2.11 bits per heavy atom. The summed E-state index contributed by atoms with van der Waals surface area (Å²) in [6.45, 7) is 0. The molecule has 1 aliphatic carbocycles. The first kappa shape index (κ1) is 15.7. The van der Waals surface area contributed by atoms with Gasteiger partial charge in [0.2, 0.25) is 0 Å². The zero-order valence-electron chi connectivity index (χ0n) is 15.4. The van der Waals surface area contributed by atoms with Crippen LogP contribution < -0.4 is 4.57 Å². The average Bonchev–Trinajstić information content (AvgIpc) is 2.80. The number of pyridine rings is 3. The highest BCUT2D eigenvalue weighted by Crippen LogP contribution is 2.59. The van der Waals surface area contributed by atoms with Crippen molar-refractivity contribution in [3.05, 3.63) is 126 Å². The summed E-state index contributed by atoms with van der Waals surface area (Å²) in [6, 6.07) is 24.4. The first-order valence-electron chi connectivity index (χ1n) is 9.79. The fourth-order valence-corrected chi connectivity index (χ4v) is 5.52. The molecular weight excluding hydrogens is 342 g/mol. The maximum absolute atomic E-state index is 4.50. The molecule has 5 heterocycles. The Labute approximate surface area is 164 Å². The highest BCUT2D eigenvalue weighted by atomic mass is 15.0. The maximum Gasteiger partial charge on any atom is 0.190 e. The van der Waals surface area contributed by atoms with Gasteiger partial charge in [-0.3, -0.25) is 9.97 Å². The number of aromatic nitrogens is 3. The Hall–Kier alpha value is -3.33. The van der Waals surface area contributed by atoms with E-state index in [1.165, 1.54) is 27.9 Å². The van der Waals surface area contributed by atoms with Gasteiger partial charge in [0.15, 0.2) is 17.9 Å². The summed E-state index contributed by atoms with van der Waals surface area (Å²) in [4.78, 5) is 9.00. The molecule has 0 N–H and O–H groups in total. The standard InChI is InChI=1S/C25H20N3/c1-2-10-21-20(9-1)23-15-25(18-7-5-12-26-16-18,19-8-6-13-27-17-19)24(21)22-11-3-4-14-28(22)23/h1-14,16-17,23-24H,15H2/q+1/t23-,24+/m1/s1. The lowest BCUT2D eigenvalue weighted by atomic mass is 9.54. The van der Waals surface area contributed by atoms with Crippen LogP contribution in [0.1, 0.15) is 46.3 Å². The first-order chi connectivity index (χ1) is 13.9. The molecule has 0 spiro atoms. The van der Waals surface area contributed by atoms with Gasteiger partial charge in [0.05, 0.1) is 5.92 Å². The molecule has 3 aliphatic rings. The van der Waals surface area contributed by atoms with Crippen LogP contribution in [0.4, 0.5) is 0 Å². The number of rotatable bonds is 2. The van der Waals surface area contributed by atoms with E-state index in [2.05, 4.69) is 87.5 Å². The van der Waals surface area contributed by atoms with E-state index in [0.29, 0.717) is 6.04 Å². The van der Waals surface area contributed by atoms with E-state index in [0.717, 1.165) is 6.42 Å². The van der Waals surface area contributed by atoms with Gasteiger partial charge in [0, 0.05) is 54.3 Å². The van der Waals surface area contributed by atoms with Crippen LogP contribution in [-0.4, -0.2) is 9.97 Å². The number of hydrogen-bond donors (Lipinski definition) is 0. The zero-order valence-corrected chi connectivity index (χ0v) is 15.4. The second kappa shape index (κ2) is 5.83. The molecule has 0 fully saturated rings. The third kappa shape index (κ3) is 1.96. The van der Waals surface area contributed by atoms with Crippen molar-refractivity contribution in [2.24, 2.45) is 0 Å². The molecule has 1 aromatic carbocycles. The minimum absolute atomic E-state index is 0.178. The third-order valence-corrected chi connectivity index (χ3v) is 6.58. The van der Waals surface area contributed by atoms with Crippen LogP contribution >= 0.6 is 0 Å². The maximum atomic E-state index is 4.50. The quantitative estimate of drug-likeness (QED) is 0.501. The molecular formula is C25H20N3+. The molecule has 28 heavy (non-hydrogen) atoms. The molecule has 0 saturated carbocycles. The second-order valence-corrected chi connectivity index (χ2v) is 7.77. The van der Waals surface area contributed by atoms with Gasteiger partial charge in [-0.05, 0) is 28.8 Å². The fourth-order valence-electron chi connectivity index (χ4n) is 5.52. The van der Waals surface area contributed by atoms with Crippen molar-refractivity contribution >= 4 is 0 Å². The predicted octanol–water partition coefficient (Wildman–Crippen LogP) is 4.19. The van der Waals surface area contributed by atoms with Crippen LogP contribution in [0.2, 0.25) is 0 Å². The summed E-state index contributed by atoms with van der Waals surface area (Å²) in [5.41, 5.74) is 6.59. The van der Waals surface area contributed by atoms with Crippen LogP contribution in [0.15, 0.2) is 97.7 Å². The molecule has 3 nitrogen and oxygen atoms in total. The van der Waals surface area contributed by atoms with Crippen LogP contribution in [0.25, 0.3) is 0 Å². The number of fused-ring (bicyclic) bond motifs is 1. The van der Waals surface area contributed by atoms with E-state index in [1.54, 1.807) is 0 Å². The Balaban J connectivity index is 1.73. The third-order valence-electron chi connectivity index (χ3n) is 6.58. The van der Waals surface area contributed by atoms with Crippen molar-refractivity contribution in [3.63, 3.8) is 0 Å². The van der Waals surface area contributed by atoms with Gasteiger partial charge < -0.3 is 0 Å². The Morgan fingerprint density at radius 1 is 0.750 bits per heavy atom. The van der Waals surface area contributed by atoms with Crippen molar-refractivity contribution in [1.82, 2.24) is 9.97 Å². The van der Waals surface area contributed by atoms with E-state index in [1.807, 2.05) is 24.8 Å². The molecule has 0 amide bonds. The number of hydrogen-bond acceptors (Lipinski definition) is 2. The molecule has 3 aromatic heterocycles. The van der Waals surface area contributed by atoms with Gasteiger partial charge in [-0.1, -0.05) is 42.5 Å². The van der Waals surface area contributed by atoms with E-state index in [4.69, 9.17) is 0 Å². The van der Waals surface area contributed by atoms with Crippen LogP contribution in [0.5, 0.6) is 0 Å². The molecule has 4 aromatic rings. The monoisotopic (exact) mass is 362 g/mol. The van der Waals surface area contributed by atoms with Crippen molar-refractivity contribution < 1.29 is 4.57 Å². The minimum atomic E-state index is -0.178.